The van der Waals surface area contributed by atoms with Crippen LogP contribution in [0.3, 0.4) is 0 Å². The number of nitrogens with two attached hydrogens (primary N) is 2. The molecule has 0 aliphatic carbocycles. The molecule has 0 unspecified atom stereocenters. The molecule has 3 aromatic rings. The van der Waals surface area contributed by atoms with E-state index in [1.165, 1.54) is 24.3 Å². The highest BCUT2D eigenvalue weighted by molar-refractivity contribution is 7.92. The van der Waals surface area contributed by atoms with E-state index in [1.54, 1.807) is 0 Å². The standard InChI is InChI=1S/C24H27N7O16S5/c25-23-18(14-27-30-20-6-5-17(13-22(20)50(37,38)39)49(35,36)12-10-47-52(43,44)45)19(28-24(26)32)7-8-21(23)31-29-15-1-3-16(4-2-15)48(33,34)11-9-46-51(40,41)42/h1-8,13H,9-12,14,25H2,(H3,26,28,32)(H,37,38,39)(H,40,41,42)(H,43,44,45). The highest BCUT2D eigenvalue weighted by atomic mass is 32.3. The number of primary amides is 1. The fraction of sp³-hybridized carbons (Fsp3) is 0.208. The van der Waals surface area contributed by atoms with Crippen molar-refractivity contribution in [3.8, 4) is 0 Å². The number of nitrogens with zero attached hydrogens (tertiary/aromatic N) is 4. The second kappa shape index (κ2) is 16.4. The van der Waals surface area contributed by atoms with Crippen molar-refractivity contribution in [3.63, 3.8) is 0 Å². The Kier molecular flexibility index (Phi) is 13.2. The lowest BCUT2D eigenvalue weighted by atomic mass is 10.1. The largest absolute Gasteiger partial charge is 0.397 e. The molecule has 28 heteroatoms. The third-order valence-corrected chi connectivity index (χ3v) is 11.4. The topological polar surface area (TPSA) is 380 Å². The summed E-state index contributed by atoms with van der Waals surface area (Å²) in [6, 6.07) is 8.68. The number of rotatable bonds is 17. The number of carbonyl (C=O) groups excluding carboxylic acids is 1. The Morgan fingerprint density at radius 2 is 1.21 bits per heavy atom. The number of hydrogen-bond acceptors (Lipinski definition) is 18. The number of azo groups is 2. The van der Waals surface area contributed by atoms with E-state index >= 15 is 0 Å². The van der Waals surface area contributed by atoms with Crippen molar-refractivity contribution in [2.24, 2.45) is 26.2 Å². The maximum Gasteiger partial charge on any atom is 0.397 e. The summed E-state index contributed by atoms with van der Waals surface area (Å²) in [4.78, 5) is 9.68. The van der Waals surface area contributed by atoms with E-state index in [0.29, 0.717) is 6.07 Å². The van der Waals surface area contributed by atoms with Gasteiger partial charge >= 0.3 is 26.8 Å². The molecule has 3 aromatic carbocycles. The van der Waals surface area contributed by atoms with E-state index in [2.05, 4.69) is 34.1 Å². The van der Waals surface area contributed by atoms with Crippen molar-refractivity contribution in [2.75, 3.05) is 35.8 Å². The summed E-state index contributed by atoms with van der Waals surface area (Å²) in [6.07, 6.45) is 0. The second-order valence-corrected chi connectivity index (χ2v) is 17.6. The first kappa shape index (κ1) is 41.9. The van der Waals surface area contributed by atoms with Crippen molar-refractivity contribution in [1.82, 2.24) is 0 Å². The predicted octanol–water partition coefficient (Wildman–Crippen LogP) is 1.89. The number of nitrogens with one attached hydrogen (secondary N) is 1. The van der Waals surface area contributed by atoms with Crippen LogP contribution in [0.2, 0.25) is 0 Å². The summed E-state index contributed by atoms with van der Waals surface area (Å²) in [7, 11) is -23.3. The molecule has 8 N–H and O–H groups in total. The molecule has 0 saturated heterocycles. The normalized spacial score (nSPS) is 13.1. The molecule has 23 nitrogen and oxygen atoms in total. The Balaban J connectivity index is 1.89. The molecule has 3 rings (SSSR count). The molecule has 0 aliphatic heterocycles. The van der Waals surface area contributed by atoms with E-state index in [1.807, 2.05) is 0 Å². The van der Waals surface area contributed by atoms with Crippen molar-refractivity contribution in [3.05, 3.63) is 60.2 Å². The number of anilines is 2. The zero-order valence-electron chi connectivity index (χ0n) is 25.9. The van der Waals surface area contributed by atoms with E-state index < -0.39 is 103 Å². The molecular formula is C24H27N7O16S5. The molecule has 284 valence electrons. The van der Waals surface area contributed by atoms with Gasteiger partial charge in [-0.3, -0.25) is 13.7 Å². The Bertz CT molecular complexity index is 2460. The van der Waals surface area contributed by atoms with Crippen LogP contribution in [0.1, 0.15) is 5.56 Å². The molecule has 0 radical (unpaired) electrons. The van der Waals surface area contributed by atoms with Gasteiger partial charge in [0.25, 0.3) is 10.1 Å². The van der Waals surface area contributed by atoms with Crippen molar-refractivity contribution < 1.29 is 68.9 Å². The van der Waals surface area contributed by atoms with E-state index in [-0.39, 0.29) is 33.2 Å². The molecule has 0 bridgehead atoms. The van der Waals surface area contributed by atoms with Crippen molar-refractivity contribution in [1.29, 1.82) is 0 Å². The van der Waals surface area contributed by atoms with Gasteiger partial charge in [-0.1, -0.05) is 0 Å². The average molecular weight is 830 g/mol. The lowest BCUT2D eigenvalue weighted by Gasteiger charge is -2.12. The summed E-state index contributed by atoms with van der Waals surface area (Å²) in [5.41, 5.74) is 10.9. The van der Waals surface area contributed by atoms with E-state index in [4.69, 9.17) is 20.6 Å². The lowest BCUT2D eigenvalue weighted by Crippen LogP contribution is -2.20. The monoisotopic (exact) mass is 829 g/mol. The average Bonchev–Trinajstić information content (AvgIpc) is 3.00. The van der Waals surface area contributed by atoms with Crippen LogP contribution in [0, 0.1) is 0 Å². The first-order valence-corrected chi connectivity index (χ1v) is 21.0. The summed E-state index contributed by atoms with van der Waals surface area (Å²) in [5, 5.41) is 17.8. The molecular weight excluding hydrogens is 803 g/mol. The van der Waals surface area contributed by atoms with Crippen LogP contribution in [-0.2, 0) is 65.5 Å². The highest BCUT2D eigenvalue weighted by Crippen LogP contribution is 2.35. The molecule has 0 atom stereocenters. The van der Waals surface area contributed by atoms with Crippen molar-refractivity contribution >= 4 is 85.1 Å². The summed E-state index contributed by atoms with van der Waals surface area (Å²) in [6.45, 7) is -2.35. The molecule has 0 aliphatic rings. The maximum absolute atomic E-state index is 12.5. The zero-order valence-corrected chi connectivity index (χ0v) is 29.9. The van der Waals surface area contributed by atoms with E-state index in [0.717, 1.165) is 24.3 Å². The molecule has 2 amide bonds. The number of amides is 2. The van der Waals surface area contributed by atoms with Gasteiger partial charge in [-0.15, -0.1) is 5.11 Å². The fourth-order valence-electron chi connectivity index (χ4n) is 3.88. The first-order valence-electron chi connectivity index (χ1n) is 13.6. The van der Waals surface area contributed by atoms with Crippen LogP contribution < -0.4 is 16.8 Å². The van der Waals surface area contributed by atoms with Crippen LogP contribution in [0.15, 0.2) is 89.7 Å². The Morgan fingerprint density at radius 1 is 0.692 bits per heavy atom. The minimum atomic E-state index is -5.13. The van der Waals surface area contributed by atoms with Crippen LogP contribution in [-0.4, -0.2) is 86.5 Å². The first-order chi connectivity index (χ1) is 23.9. The fourth-order valence-corrected chi connectivity index (χ4v) is 7.61. The van der Waals surface area contributed by atoms with Gasteiger partial charge in [0, 0.05) is 11.3 Å². The predicted molar refractivity (Wildman–Crippen MR) is 178 cm³/mol. The number of sulfone groups is 2. The minimum absolute atomic E-state index is 0.00885. The minimum Gasteiger partial charge on any atom is -0.397 e. The van der Waals surface area contributed by atoms with Gasteiger partial charge in [-0.2, -0.15) is 40.6 Å². The van der Waals surface area contributed by atoms with Gasteiger partial charge in [0.1, 0.15) is 16.3 Å². The lowest BCUT2D eigenvalue weighted by molar-refractivity contribution is 0.259. The third kappa shape index (κ3) is 12.6. The molecule has 0 heterocycles. The number of urea groups is 1. The SMILES string of the molecule is NC(=O)Nc1ccc(N=Nc2ccc(S(=O)(=O)CCOS(=O)(=O)O)cc2)c(N)c1CN=Nc1ccc(S(=O)(=O)CCOS(=O)(=O)O)cc1S(=O)(=O)O. The molecule has 0 fully saturated rings. The van der Waals surface area contributed by atoms with Gasteiger partial charge in [-0.25, -0.2) is 30.0 Å². The van der Waals surface area contributed by atoms with E-state index in [9.17, 15) is 51.4 Å². The molecule has 0 spiro atoms. The second-order valence-electron chi connectivity index (χ2n) is 9.85. The van der Waals surface area contributed by atoms with Crippen LogP contribution in [0.5, 0.6) is 0 Å². The summed E-state index contributed by atoms with van der Waals surface area (Å²) < 4.78 is 152. The summed E-state index contributed by atoms with van der Waals surface area (Å²) >= 11 is 0. The number of hydrogen-bond donors (Lipinski definition) is 6. The van der Waals surface area contributed by atoms with Gasteiger partial charge in [-0.05, 0) is 54.6 Å². The molecule has 0 aromatic heterocycles. The van der Waals surface area contributed by atoms with Crippen molar-refractivity contribution in [2.45, 2.75) is 21.2 Å². The molecule has 0 saturated carbocycles. The van der Waals surface area contributed by atoms with Crippen LogP contribution in [0.4, 0.5) is 33.2 Å². The number of benzene rings is 3. The van der Waals surface area contributed by atoms with Gasteiger partial charge in [0.2, 0.25) is 0 Å². The van der Waals surface area contributed by atoms with Gasteiger partial charge in [0.05, 0.1) is 52.4 Å². The quantitative estimate of drug-likeness (QED) is 0.0642. The Hall–Kier alpha value is -4.52. The Labute approximate surface area is 296 Å². The van der Waals surface area contributed by atoms with Gasteiger partial charge < -0.3 is 16.8 Å². The maximum atomic E-state index is 12.5. The van der Waals surface area contributed by atoms with Crippen LogP contribution >= 0.6 is 0 Å². The molecule has 52 heavy (non-hydrogen) atoms. The number of carbonyl (C=O) groups is 1. The number of nitrogen functional groups attached to an aromatic ring is 1. The van der Waals surface area contributed by atoms with Gasteiger partial charge in [0.15, 0.2) is 19.7 Å². The smallest absolute Gasteiger partial charge is 0.397 e. The summed E-state index contributed by atoms with van der Waals surface area (Å²) in [5.74, 6) is -1.77. The highest BCUT2D eigenvalue weighted by Gasteiger charge is 2.23. The zero-order chi connectivity index (χ0) is 39.1. The Morgan fingerprint density at radius 3 is 1.73 bits per heavy atom. The van der Waals surface area contributed by atoms with Crippen LogP contribution in [0.25, 0.3) is 0 Å². The third-order valence-electron chi connectivity index (χ3n) is 6.21.